The van der Waals surface area contributed by atoms with E-state index in [2.05, 4.69) is 5.09 Å². The van der Waals surface area contributed by atoms with Gasteiger partial charge in [-0.15, -0.1) is 0 Å². The van der Waals surface area contributed by atoms with E-state index in [1.54, 1.807) is 54.6 Å². The lowest BCUT2D eigenvalue weighted by atomic mass is 10.1. The second-order valence-corrected chi connectivity index (χ2v) is 11.2. The van der Waals surface area contributed by atoms with Gasteiger partial charge in [0.2, 0.25) is 0 Å². The van der Waals surface area contributed by atoms with Crippen LogP contribution in [-0.4, -0.2) is 25.1 Å². The van der Waals surface area contributed by atoms with Crippen LogP contribution < -0.4 is 24.3 Å². The number of fused-ring (bicyclic) bond motifs is 1. The Morgan fingerprint density at radius 3 is 2.22 bits per heavy atom. The molecule has 0 bridgehead atoms. The lowest BCUT2D eigenvalue weighted by Crippen LogP contribution is -2.38. The molecule has 2 atom stereocenters. The molecular weight excluding hydrogens is 549 g/mol. The van der Waals surface area contributed by atoms with Crippen molar-refractivity contribution >= 4 is 30.7 Å². The van der Waals surface area contributed by atoms with Crippen LogP contribution in [0.4, 0.5) is 0 Å². The summed E-state index contributed by atoms with van der Waals surface area (Å²) in [4.78, 5) is 36.9. The molecule has 3 aromatic carbocycles. The van der Waals surface area contributed by atoms with Crippen LogP contribution in [0.3, 0.4) is 0 Å². The molecule has 0 spiro atoms. The molecule has 1 aromatic heterocycles. The SMILES string of the molecule is COC(=O)[C@H](CC(C)C)NP(=O)(Oc1ccccc1)Oc1ccc2c(=O)c(-c3ccc(OC(C)=O)cc3)coc2c1. The van der Waals surface area contributed by atoms with Crippen molar-refractivity contribution in [1.82, 2.24) is 5.09 Å². The highest BCUT2D eigenvalue weighted by atomic mass is 31.2. The number of carbonyl (C=O) groups is 2. The summed E-state index contributed by atoms with van der Waals surface area (Å²) in [6.45, 7) is 5.13. The smallest absolute Gasteiger partial charge is 0.468 e. The first kappa shape index (κ1) is 29.6. The van der Waals surface area contributed by atoms with Crippen LogP contribution >= 0.6 is 7.75 Å². The fraction of sp³-hybridized carbons (Fsp3) is 0.233. The van der Waals surface area contributed by atoms with E-state index in [4.69, 9.17) is 22.9 Å². The average molecular weight is 580 g/mol. The summed E-state index contributed by atoms with van der Waals surface area (Å²) in [5.74, 6) is -0.300. The van der Waals surface area contributed by atoms with Crippen molar-refractivity contribution in [2.75, 3.05) is 7.11 Å². The van der Waals surface area contributed by atoms with Gasteiger partial charge in [0.1, 0.15) is 35.1 Å². The van der Waals surface area contributed by atoms with Gasteiger partial charge in [-0.3, -0.25) is 14.4 Å². The highest BCUT2D eigenvalue weighted by Crippen LogP contribution is 2.46. The molecule has 1 N–H and O–H groups in total. The summed E-state index contributed by atoms with van der Waals surface area (Å²) >= 11 is 0. The molecule has 11 heteroatoms. The summed E-state index contributed by atoms with van der Waals surface area (Å²) in [6, 6.07) is 18.2. The summed E-state index contributed by atoms with van der Waals surface area (Å²) in [5, 5.41) is 2.99. The first-order chi connectivity index (χ1) is 19.6. The molecule has 0 radical (unpaired) electrons. The van der Waals surface area contributed by atoms with Gasteiger partial charge in [-0.1, -0.05) is 44.2 Å². The Bertz CT molecular complexity index is 1630. The summed E-state index contributed by atoms with van der Waals surface area (Å²) < 4.78 is 41.3. The van der Waals surface area contributed by atoms with Gasteiger partial charge in [-0.2, -0.15) is 5.09 Å². The monoisotopic (exact) mass is 579 g/mol. The molecule has 4 aromatic rings. The maximum absolute atomic E-state index is 14.0. The lowest BCUT2D eigenvalue weighted by Gasteiger charge is -2.25. The second-order valence-electron chi connectivity index (χ2n) is 9.58. The third-order valence-corrected chi connectivity index (χ3v) is 7.40. The molecule has 1 heterocycles. The Kier molecular flexibility index (Phi) is 9.27. The van der Waals surface area contributed by atoms with E-state index < -0.39 is 25.7 Å². The number of nitrogens with one attached hydrogen (secondary N) is 1. The number of carbonyl (C=O) groups excluding carboxylic acids is 2. The Labute approximate surface area is 236 Å². The standard InChI is InChI=1S/C30H30NO9P/c1-19(2)16-27(30(34)36-4)31-41(35,39-23-8-6-5-7-9-23)40-24-14-15-25-28(17-24)37-18-26(29(25)33)21-10-12-22(13-11-21)38-20(3)32/h5-15,17-19,27H,16H2,1-4H3,(H,31,35)/t27-,41?/m0/s1. The summed E-state index contributed by atoms with van der Waals surface area (Å²) in [5.41, 5.74) is 0.754. The number of esters is 2. The van der Waals surface area contributed by atoms with Crippen LogP contribution in [0.25, 0.3) is 22.1 Å². The molecule has 0 aliphatic carbocycles. The van der Waals surface area contributed by atoms with Crippen LogP contribution in [0.5, 0.6) is 17.2 Å². The van der Waals surface area contributed by atoms with Gasteiger partial charge in [-0.25, -0.2) is 4.57 Å². The maximum atomic E-state index is 14.0. The zero-order valence-corrected chi connectivity index (χ0v) is 23.9. The molecule has 214 valence electrons. The number of benzene rings is 3. The van der Waals surface area contributed by atoms with Gasteiger partial charge < -0.3 is 22.9 Å². The second kappa shape index (κ2) is 12.8. The molecule has 41 heavy (non-hydrogen) atoms. The number of rotatable bonds is 11. The van der Waals surface area contributed by atoms with E-state index in [1.807, 2.05) is 13.8 Å². The predicted octanol–water partition coefficient (Wildman–Crippen LogP) is 6.13. The van der Waals surface area contributed by atoms with Crippen molar-refractivity contribution in [3.05, 3.63) is 89.3 Å². The van der Waals surface area contributed by atoms with E-state index in [9.17, 15) is 18.9 Å². The van der Waals surface area contributed by atoms with Crippen molar-refractivity contribution in [3.63, 3.8) is 0 Å². The lowest BCUT2D eigenvalue weighted by molar-refractivity contribution is -0.143. The number of hydrogen-bond acceptors (Lipinski definition) is 9. The highest BCUT2D eigenvalue weighted by molar-refractivity contribution is 7.52. The maximum Gasteiger partial charge on any atom is 0.513 e. The van der Waals surface area contributed by atoms with Gasteiger partial charge in [0.05, 0.1) is 18.1 Å². The van der Waals surface area contributed by atoms with Gasteiger partial charge in [-0.05, 0) is 54.3 Å². The molecule has 0 saturated carbocycles. The molecule has 0 aliphatic rings. The number of hydrogen-bond donors (Lipinski definition) is 1. The first-order valence-electron chi connectivity index (χ1n) is 12.8. The van der Waals surface area contributed by atoms with Crippen LogP contribution in [0, 0.1) is 5.92 Å². The van der Waals surface area contributed by atoms with Crippen molar-refractivity contribution in [1.29, 1.82) is 0 Å². The van der Waals surface area contributed by atoms with E-state index in [1.165, 1.54) is 38.5 Å². The van der Waals surface area contributed by atoms with Gasteiger partial charge >= 0.3 is 19.7 Å². The summed E-state index contributed by atoms with van der Waals surface area (Å²) in [6.07, 6.45) is 1.62. The molecule has 0 saturated heterocycles. The fourth-order valence-corrected chi connectivity index (χ4v) is 5.60. The van der Waals surface area contributed by atoms with E-state index in [0.29, 0.717) is 23.3 Å². The Balaban J connectivity index is 1.65. The molecular formula is C30H30NO9P. The molecule has 0 aliphatic heterocycles. The fourth-order valence-electron chi connectivity index (χ4n) is 4.07. The molecule has 1 unspecified atom stereocenters. The van der Waals surface area contributed by atoms with Crippen LogP contribution in [0.2, 0.25) is 0 Å². The minimum Gasteiger partial charge on any atom is -0.468 e. The third-order valence-electron chi connectivity index (χ3n) is 5.87. The van der Waals surface area contributed by atoms with Crippen LogP contribution in [0.15, 0.2) is 88.3 Å². The largest absolute Gasteiger partial charge is 0.513 e. The van der Waals surface area contributed by atoms with Gasteiger partial charge in [0.15, 0.2) is 5.43 Å². The first-order valence-corrected chi connectivity index (χ1v) is 14.4. The van der Waals surface area contributed by atoms with E-state index >= 15 is 0 Å². The van der Waals surface area contributed by atoms with Crippen molar-refractivity contribution in [3.8, 4) is 28.4 Å². The molecule has 0 amide bonds. The third kappa shape index (κ3) is 7.63. The Hall–Kier alpha value is -4.40. The minimum absolute atomic E-state index is 0.0683. The number of methoxy groups -OCH3 is 1. The molecule has 0 fully saturated rings. The topological polar surface area (TPSA) is 130 Å². The Morgan fingerprint density at radius 2 is 1.59 bits per heavy atom. The normalized spacial score (nSPS) is 13.3. The highest BCUT2D eigenvalue weighted by Gasteiger charge is 2.36. The van der Waals surface area contributed by atoms with Gasteiger partial charge in [0, 0.05) is 13.0 Å². The van der Waals surface area contributed by atoms with E-state index in [0.717, 1.165) is 0 Å². The minimum atomic E-state index is -4.21. The van der Waals surface area contributed by atoms with Crippen LogP contribution in [-0.2, 0) is 18.9 Å². The van der Waals surface area contributed by atoms with Gasteiger partial charge in [0.25, 0.3) is 0 Å². The zero-order chi connectivity index (χ0) is 29.6. The predicted molar refractivity (Wildman–Crippen MR) is 153 cm³/mol. The van der Waals surface area contributed by atoms with Crippen molar-refractivity contribution < 1.29 is 37.1 Å². The molecule has 10 nitrogen and oxygen atoms in total. The van der Waals surface area contributed by atoms with Crippen molar-refractivity contribution in [2.45, 2.75) is 33.2 Å². The number of ether oxygens (including phenoxy) is 2. The summed E-state index contributed by atoms with van der Waals surface area (Å²) in [7, 11) is -2.97. The van der Waals surface area contributed by atoms with E-state index in [-0.39, 0.29) is 33.8 Å². The zero-order valence-electron chi connectivity index (χ0n) is 23.0. The Morgan fingerprint density at radius 1 is 0.927 bits per heavy atom. The quantitative estimate of drug-likeness (QED) is 0.126. The number of para-hydroxylation sites is 1. The van der Waals surface area contributed by atoms with Crippen LogP contribution in [0.1, 0.15) is 27.2 Å². The van der Waals surface area contributed by atoms with Crippen molar-refractivity contribution in [2.24, 2.45) is 5.92 Å². The molecule has 4 rings (SSSR count). The average Bonchev–Trinajstić information content (AvgIpc) is 2.93.